The number of amides is 2. The molecule has 2 aromatic rings. The Morgan fingerprint density at radius 1 is 1.09 bits per heavy atom. The Kier molecular flexibility index (Phi) is 7.31. The number of esters is 1. The van der Waals surface area contributed by atoms with Crippen molar-refractivity contribution in [1.29, 1.82) is 0 Å². The van der Waals surface area contributed by atoms with Crippen LogP contribution in [0.3, 0.4) is 0 Å². The Bertz CT molecular complexity index is 1250. The number of hydrogen-bond acceptors (Lipinski definition) is 9. The number of nitrogens with one attached hydrogen (secondary N) is 1. The second kappa shape index (κ2) is 10.4. The molecule has 2 atom stereocenters. The highest BCUT2D eigenvalue weighted by molar-refractivity contribution is 8.00. The summed E-state index contributed by atoms with van der Waals surface area (Å²) in [6.45, 7) is -0.373. The van der Waals surface area contributed by atoms with Gasteiger partial charge in [-0.1, -0.05) is 48.5 Å². The number of fused-ring (bicyclic) bond motifs is 1. The number of ether oxygens (including phenoxy) is 2. The topological polar surface area (TPSA) is 128 Å². The van der Waals surface area contributed by atoms with Gasteiger partial charge in [0.15, 0.2) is 18.1 Å². The Balaban J connectivity index is 1.46. The molecule has 2 aliphatic heterocycles. The molecule has 35 heavy (non-hydrogen) atoms. The van der Waals surface area contributed by atoms with Gasteiger partial charge < -0.3 is 19.0 Å². The lowest BCUT2D eigenvalue weighted by Crippen LogP contribution is -2.71. The predicted octanol–water partition coefficient (Wildman–Crippen LogP) is 1.40. The van der Waals surface area contributed by atoms with Crippen molar-refractivity contribution in [2.75, 3.05) is 18.6 Å². The lowest BCUT2D eigenvalue weighted by molar-refractivity contribution is -0.154. The summed E-state index contributed by atoms with van der Waals surface area (Å²) in [7, 11) is -3.96. The fourth-order valence-electron chi connectivity index (χ4n) is 3.50. The molecule has 184 valence electrons. The zero-order chi connectivity index (χ0) is 25.0. The van der Waals surface area contributed by atoms with Crippen molar-refractivity contribution in [3.05, 3.63) is 77.7 Å². The normalized spacial score (nSPS) is 19.3. The van der Waals surface area contributed by atoms with E-state index in [1.807, 2.05) is 12.1 Å². The van der Waals surface area contributed by atoms with E-state index in [2.05, 4.69) is 5.32 Å². The van der Waals surface area contributed by atoms with Crippen LogP contribution in [0.1, 0.15) is 5.56 Å². The van der Waals surface area contributed by atoms with Crippen molar-refractivity contribution >= 4 is 39.7 Å². The fourth-order valence-corrected chi connectivity index (χ4v) is 5.33. The SMILES string of the molecule is CS(=O)(=O)OC1=C(C(=O)OCc2ccccc2)N2C(=O)C(NC(=O)COc3ccccc3)[C@H]2SC1. The Morgan fingerprint density at radius 2 is 1.74 bits per heavy atom. The van der Waals surface area contributed by atoms with Crippen LogP contribution < -0.4 is 10.1 Å². The Morgan fingerprint density at radius 3 is 2.40 bits per heavy atom. The molecule has 12 heteroatoms. The van der Waals surface area contributed by atoms with Gasteiger partial charge in [-0.3, -0.25) is 14.5 Å². The Hall–Kier alpha value is -3.51. The van der Waals surface area contributed by atoms with E-state index >= 15 is 0 Å². The van der Waals surface area contributed by atoms with Gasteiger partial charge >= 0.3 is 16.1 Å². The Labute approximate surface area is 206 Å². The molecule has 0 radical (unpaired) electrons. The van der Waals surface area contributed by atoms with Crippen molar-refractivity contribution in [1.82, 2.24) is 10.2 Å². The highest BCUT2D eigenvalue weighted by Crippen LogP contribution is 2.41. The van der Waals surface area contributed by atoms with E-state index in [4.69, 9.17) is 13.7 Å². The van der Waals surface area contributed by atoms with E-state index in [1.165, 1.54) is 0 Å². The molecule has 0 bridgehead atoms. The van der Waals surface area contributed by atoms with Gasteiger partial charge in [-0.05, 0) is 17.7 Å². The third-order valence-electron chi connectivity index (χ3n) is 5.02. The largest absolute Gasteiger partial charge is 0.484 e. The highest BCUT2D eigenvalue weighted by Gasteiger charge is 2.55. The summed E-state index contributed by atoms with van der Waals surface area (Å²) < 4.78 is 39.2. The van der Waals surface area contributed by atoms with E-state index in [9.17, 15) is 22.8 Å². The van der Waals surface area contributed by atoms with Crippen molar-refractivity contribution in [3.63, 3.8) is 0 Å². The molecule has 4 rings (SSSR count). The maximum absolute atomic E-state index is 12.9. The molecule has 2 heterocycles. The number of benzene rings is 2. The molecule has 1 N–H and O–H groups in total. The zero-order valence-corrected chi connectivity index (χ0v) is 20.2. The summed E-state index contributed by atoms with van der Waals surface area (Å²) >= 11 is 1.16. The number of nitrogens with zero attached hydrogens (tertiary/aromatic N) is 1. The number of thioether (sulfide) groups is 1. The van der Waals surface area contributed by atoms with Crippen LogP contribution in [0.25, 0.3) is 0 Å². The molecule has 2 aromatic carbocycles. The van der Waals surface area contributed by atoms with Crippen LogP contribution in [-0.4, -0.2) is 61.1 Å². The standard InChI is InChI=1S/C23H22N2O8S2/c1-35(29,30)33-17-14-34-22-19(24-18(26)13-31-16-10-6-3-7-11-16)21(27)25(22)20(17)23(28)32-12-15-8-4-2-5-9-15/h2-11,19,22H,12-14H2,1H3,(H,24,26)/t19?,22-/m1/s1. The molecule has 0 aliphatic carbocycles. The second-order valence-electron chi connectivity index (χ2n) is 7.68. The number of carbonyl (C=O) groups is 3. The average molecular weight is 519 g/mol. The van der Waals surface area contributed by atoms with E-state index in [-0.39, 0.29) is 30.4 Å². The van der Waals surface area contributed by atoms with E-state index in [0.29, 0.717) is 11.3 Å². The molecule has 0 saturated carbocycles. The van der Waals surface area contributed by atoms with Crippen molar-refractivity contribution in [2.45, 2.75) is 18.0 Å². The van der Waals surface area contributed by atoms with Crippen molar-refractivity contribution < 1.29 is 36.5 Å². The molecule has 2 amide bonds. The van der Waals surface area contributed by atoms with E-state index < -0.39 is 39.3 Å². The smallest absolute Gasteiger partial charge is 0.359 e. The number of carbonyl (C=O) groups excluding carboxylic acids is 3. The van der Waals surface area contributed by atoms with Crippen LogP contribution >= 0.6 is 11.8 Å². The molecule has 10 nitrogen and oxygen atoms in total. The first-order valence-electron chi connectivity index (χ1n) is 10.5. The minimum absolute atomic E-state index is 0.00975. The van der Waals surface area contributed by atoms with Gasteiger partial charge in [0.2, 0.25) is 0 Å². The fraction of sp³-hybridized carbons (Fsp3) is 0.261. The first kappa shape index (κ1) is 24.6. The molecule has 1 saturated heterocycles. The third kappa shape index (κ3) is 5.95. The minimum Gasteiger partial charge on any atom is -0.484 e. The third-order valence-corrected chi connectivity index (χ3v) is 6.78. The molecule has 0 aromatic heterocycles. The van der Waals surface area contributed by atoms with Crippen LogP contribution in [0.2, 0.25) is 0 Å². The van der Waals surface area contributed by atoms with Gasteiger partial charge in [0.05, 0.1) is 12.0 Å². The molecular formula is C23H22N2O8S2. The predicted molar refractivity (Wildman–Crippen MR) is 126 cm³/mol. The highest BCUT2D eigenvalue weighted by atomic mass is 32.2. The molecule has 0 spiro atoms. The van der Waals surface area contributed by atoms with Crippen LogP contribution in [0.4, 0.5) is 0 Å². The monoisotopic (exact) mass is 518 g/mol. The number of hydrogen-bond donors (Lipinski definition) is 1. The summed E-state index contributed by atoms with van der Waals surface area (Å²) in [6.07, 6.45) is 0.845. The van der Waals surface area contributed by atoms with Gasteiger partial charge in [-0.2, -0.15) is 8.42 Å². The zero-order valence-electron chi connectivity index (χ0n) is 18.6. The summed E-state index contributed by atoms with van der Waals surface area (Å²) in [6, 6.07) is 16.7. The van der Waals surface area contributed by atoms with Gasteiger partial charge in [0.1, 0.15) is 23.8 Å². The van der Waals surface area contributed by atoms with Gasteiger partial charge in [0, 0.05) is 0 Å². The minimum atomic E-state index is -3.96. The van der Waals surface area contributed by atoms with E-state index in [1.54, 1.807) is 48.5 Å². The molecule has 1 fully saturated rings. The van der Waals surface area contributed by atoms with Crippen LogP contribution in [-0.2, 0) is 40.0 Å². The van der Waals surface area contributed by atoms with Crippen LogP contribution in [0.5, 0.6) is 5.75 Å². The number of β-lactam (4-membered cyclic amide) rings is 1. The molecule has 1 unspecified atom stereocenters. The first-order chi connectivity index (χ1) is 16.7. The van der Waals surface area contributed by atoms with E-state index in [0.717, 1.165) is 22.9 Å². The number of rotatable bonds is 9. The summed E-state index contributed by atoms with van der Waals surface area (Å²) in [5.41, 5.74) is 0.429. The maximum atomic E-state index is 12.9. The van der Waals surface area contributed by atoms with Gasteiger partial charge in [-0.25, -0.2) is 4.79 Å². The lowest BCUT2D eigenvalue weighted by Gasteiger charge is -2.49. The second-order valence-corrected chi connectivity index (χ2v) is 10.4. The van der Waals surface area contributed by atoms with Crippen molar-refractivity contribution in [2.24, 2.45) is 0 Å². The molecular weight excluding hydrogens is 496 g/mol. The number of para-hydroxylation sites is 1. The van der Waals surface area contributed by atoms with Gasteiger partial charge in [0.25, 0.3) is 11.8 Å². The van der Waals surface area contributed by atoms with Crippen LogP contribution in [0.15, 0.2) is 72.1 Å². The lowest BCUT2D eigenvalue weighted by atomic mass is 10.0. The summed E-state index contributed by atoms with van der Waals surface area (Å²) in [4.78, 5) is 39.3. The molecule has 2 aliphatic rings. The average Bonchev–Trinajstić information content (AvgIpc) is 2.84. The quantitative estimate of drug-likeness (QED) is 0.298. The maximum Gasteiger partial charge on any atom is 0.359 e. The van der Waals surface area contributed by atoms with Gasteiger partial charge in [-0.15, -0.1) is 11.8 Å². The van der Waals surface area contributed by atoms with Crippen LogP contribution in [0, 0.1) is 0 Å². The van der Waals surface area contributed by atoms with Crippen molar-refractivity contribution in [3.8, 4) is 5.75 Å². The first-order valence-corrected chi connectivity index (χ1v) is 13.3. The summed E-state index contributed by atoms with van der Waals surface area (Å²) in [5.74, 6) is -1.70. The summed E-state index contributed by atoms with van der Waals surface area (Å²) in [5, 5.41) is 1.98.